The maximum Gasteiger partial charge on any atom is 0.323 e. The van der Waals surface area contributed by atoms with Crippen LogP contribution in [-0.2, 0) is 37.7 Å². The number of halogens is 2. The topological polar surface area (TPSA) is 89.5 Å². The second kappa shape index (κ2) is 9.60. The number of ether oxygens (including phenoxy) is 5. The highest BCUT2D eigenvalue weighted by atomic mass is 35.5. The smallest absolute Gasteiger partial charge is 0.323 e. The van der Waals surface area contributed by atoms with Gasteiger partial charge in [0.2, 0.25) is 6.29 Å². The third-order valence-corrected chi connectivity index (χ3v) is 10.5. The van der Waals surface area contributed by atoms with E-state index < -0.39 is 56.7 Å². The summed E-state index contributed by atoms with van der Waals surface area (Å²) in [6, 6.07) is 0. The Balaban J connectivity index is 2.45. The van der Waals surface area contributed by atoms with Gasteiger partial charge in [-0.2, -0.15) is 0 Å². The van der Waals surface area contributed by atoms with Crippen LogP contribution in [0.25, 0.3) is 0 Å². The fourth-order valence-corrected chi connectivity index (χ4v) is 4.44. The summed E-state index contributed by atoms with van der Waals surface area (Å²) in [6.07, 6.45) is -4.26. The van der Waals surface area contributed by atoms with Gasteiger partial charge in [0, 0.05) is 0 Å². The lowest BCUT2D eigenvalue weighted by Gasteiger charge is -2.52. The molecule has 0 saturated carbocycles. The molecule has 174 valence electrons. The molecule has 0 aromatic heterocycles. The molecule has 8 nitrogen and oxygen atoms in total. The van der Waals surface area contributed by atoms with E-state index in [1.165, 1.54) is 0 Å². The summed E-state index contributed by atoms with van der Waals surface area (Å²) in [5.74, 6) is -3.04. The van der Waals surface area contributed by atoms with Crippen LogP contribution in [0.3, 0.4) is 0 Å². The van der Waals surface area contributed by atoms with E-state index in [4.69, 9.17) is 51.3 Å². The fourth-order valence-electron chi connectivity index (χ4n) is 3.02. The maximum atomic E-state index is 12.1. The first-order chi connectivity index (χ1) is 13.7. The molecule has 2 fully saturated rings. The second-order valence-corrected chi connectivity index (χ2v) is 14.7. The van der Waals surface area contributed by atoms with Crippen molar-refractivity contribution in [2.24, 2.45) is 0 Å². The van der Waals surface area contributed by atoms with E-state index >= 15 is 0 Å². The Hall–Kier alpha value is -0.423. The minimum absolute atomic E-state index is 0.134. The van der Waals surface area contributed by atoms with Gasteiger partial charge in [0.05, 0.1) is 6.61 Å². The summed E-state index contributed by atoms with van der Waals surface area (Å²) in [4.78, 5) is 24.0. The summed E-state index contributed by atoms with van der Waals surface area (Å²) < 4.78 is 35.3. The van der Waals surface area contributed by atoms with E-state index in [0.717, 1.165) is 0 Å². The van der Waals surface area contributed by atoms with Gasteiger partial charge in [-0.25, -0.2) is 0 Å². The highest BCUT2D eigenvalue weighted by Gasteiger charge is 2.57. The number of carbonyl (C=O) groups is 2. The SMILES string of the molecule is CC1(C)OC[C@H]2O[C@@H](OC(=O)CCl)[C@H](OC(=O)CCl)[C@@H](O[Si](C)(C)C(C)(C)C)[C@@H]2O1. The molecule has 0 aliphatic carbocycles. The minimum Gasteiger partial charge on any atom is -0.452 e. The number of hydrogen-bond donors (Lipinski definition) is 0. The standard InChI is InChI=1S/C19H32Cl2O8Si/c1-18(2,3)30(6,7)29-15-14-11(10-24-19(4,5)28-14)25-17(27-13(23)9-21)16(15)26-12(22)8-20/h11,14-17H,8-10H2,1-7H3/t11-,14-,15+,16-,17+/m1/s1. The molecule has 0 unspecified atom stereocenters. The lowest BCUT2D eigenvalue weighted by molar-refractivity contribution is -0.376. The molecular weight excluding hydrogens is 455 g/mol. The summed E-state index contributed by atoms with van der Waals surface area (Å²) in [5, 5.41) is -0.134. The first-order valence-electron chi connectivity index (χ1n) is 9.86. The van der Waals surface area contributed by atoms with Crippen molar-refractivity contribution >= 4 is 43.5 Å². The predicted molar refractivity (Wildman–Crippen MR) is 113 cm³/mol. The van der Waals surface area contributed by atoms with Crippen LogP contribution in [0.5, 0.6) is 0 Å². The molecule has 2 heterocycles. The molecule has 11 heteroatoms. The van der Waals surface area contributed by atoms with Crippen molar-refractivity contribution in [2.75, 3.05) is 18.4 Å². The number of hydrogen-bond acceptors (Lipinski definition) is 8. The van der Waals surface area contributed by atoms with E-state index in [-0.39, 0.29) is 23.4 Å². The van der Waals surface area contributed by atoms with Gasteiger partial charge >= 0.3 is 11.9 Å². The Labute approximate surface area is 188 Å². The van der Waals surface area contributed by atoms with Crippen LogP contribution in [0.1, 0.15) is 34.6 Å². The number of carbonyl (C=O) groups excluding carboxylic acids is 2. The third kappa shape index (κ3) is 6.09. The average molecular weight is 487 g/mol. The van der Waals surface area contributed by atoms with Crippen LogP contribution in [0.4, 0.5) is 0 Å². The largest absolute Gasteiger partial charge is 0.452 e. The van der Waals surface area contributed by atoms with Gasteiger partial charge in [0.25, 0.3) is 0 Å². The van der Waals surface area contributed by atoms with E-state index in [9.17, 15) is 9.59 Å². The van der Waals surface area contributed by atoms with Crippen LogP contribution in [-0.4, -0.2) is 75.1 Å². The second-order valence-electron chi connectivity index (χ2n) is 9.39. The van der Waals surface area contributed by atoms with E-state index in [1.807, 2.05) is 0 Å². The first kappa shape index (κ1) is 25.8. The van der Waals surface area contributed by atoms with Gasteiger partial charge in [-0.15, -0.1) is 23.2 Å². The number of alkyl halides is 2. The van der Waals surface area contributed by atoms with E-state index in [1.54, 1.807) is 13.8 Å². The summed E-state index contributed by atoms with van der Waals surface area (Å²) in [7, 11) is -2.36. The lowest BCUT2D eigenvalue weighted by Crippen LogP contribution is -2.68. The summed E-state index contributed by atoms with van der Waals surface area (Å²) in [6.45, 7) is 14.2. The zero-order valence-electron chi connectivity index (χ0n) is 18.5. The Bertz CT molecular complexity index is 637. The lowest BCUT2D eigenvalue weighted by atomic mass is 9.97. The van der Waals surface area contributed by atoms with Crippen molar-refractivity contribution in [3.8, 4) is 0 Å². The maximum absolute atomic E-state index is 12.1. The van der Waals surface area contributed by atoms with Crippen molar-refractivity contribution in [2.45, 2.75) is 89.2 Å². The molecule has 0 aromatic rings. The minimum atomic E-state index is -2.36. The van der Waals surface area contributed by atoms with Crippen LogP contribution in [0.15, 0.2) is 0 Å². The van der Waals surface area contributed by atoms with Gasteiger partial charge < -0.3 is 28.1 Å². The molecule has 2 aliphatic rings. The molecule has 0 aromatic carbocycles. The monoisotopic (exact) mass is 486 g/mol. The van der Waals surface area contributed by atoms with Gasteiger partial charge in [0.15, 0.2) is 20.2 Å². The Morgan fingerprint density at radius 1 is 1.07 bits per heavy atom. The molecular formula is C19H32Cl2O8Si. The Morgan fingerprint density at radius 3 is 2.17 bits per heavy atom. The molecule has 0 spiro atoms. The number of esters is 2. The van der Waals surface area contributed by atoms with Crippen molar-refractivity contribution in [1.82, 2.24) is 0 Å². The summed E-state index contributed by atoms with van der Waals surface area (Å²) >= 11 is 11.3. The van der Waals surface area contributed by atoms with Crippen LogP contribution in [0.2, 0.25) is 18.1 Å². The van der Waals surface area contributed by atoms with Gasteiger partial charge in [-0.1, -0.05) is 20.8 Å². The van der Waals surface area contributed by atoms with Crippen LogP contribution in [0, 0.1) is 0 Å². The highest BCUT2D eigenvalue weighted by Crippen LogP contribution is 2.42. The Kier molecular flexibility index (Phi) is 8.27. The third-order valence-electron chi connectivity index (χ3n) is 5.58. The van der Waals surface area contributed by atoms with Crippen LogP contribution < -0.4 is 0 Å². The van der Waals surface area contributed by atoms with E-state index in [2.05, 4.69) is 33.9 Å². The average Bonchev–Trinajstić information content (AvgIpc) is 2.63. The molecule has 0 bridgehead atoms. The molecule has 0 N–H and O–H groups in total. The van der Waals surface area contributed by atoms with Crippen molar-refractivity contribution in [3.05, 3.63) is 0 Å². The van der Waals surface area contributed by atoms with Gasteiger partial charge in [-0.3, -0.25) is 9.59 Å². The zero-order chi connectivity index (χ0) is 22.9. The van der Waals surface area contributed by atoms with Crippen LogP contribution >= 0.6 is 23.2 Å². The van der Waals surface area contributed by atoms with Gasteiger partial charge in [-0.05, 0) is 32.0 Å². The zero-order valence-corrected chi connectivity index (χ0v) is 21.0. The fraction of sp³-hybridized carbons (Fsp3) is 0.895. The first-order valence-corrected chi connectivity index (χ1v) is 13.8. The quantitative estimate of drug-likeness (QED) is 0.321. The molecule has 2 aliphatic heterocycles. The van der Waals surface area contributed by atoms with Crippen molar-refractivity contribution < 1.29 is 37.7 Å². The molecule has 0 radical (unpaired) electrons. The number of fused-ring (bicyclic) bond motifs is 1. The molecule has 2 saturated heterocycles. The molecule has 2 rings (SSSR count). The molecule has 30 heavy (non-hydrogen) atoms. The number of rotatable bonds is 6. The Morgan fingerprint density at radius 2 is 1.63 bits per heavy atom. The highest BCUT2D eigenvalue weighted by molar-refractivity contribution is 6.74. The molecule has 5 atom stereocenters. The molecule has 0 amide bonds. The van der Waals surface area contributed by atoms with Crippen molar-refractivity contribution in [3.63, 3.8) is 0 Å². The van der Waals surface area contributed by atoms with E-state index in [0.29, 0.717) is 0 Å². The predicted octanol–water partition coefficient (Wildman–Crippen LogP) is 3.19. The normalized spacial score (nSPS) is 31.6. The van der Waals surface area contributed by atoms with Crippen molar-refractivity contribution in [1.29, 1.82) is 0 Å². The summed E-state index contributed by atoms with van der Waals surface area (Å²) in [5.41, 5.74) is 0. The van der Waals surface area contributed by atoms with Gasteiger partial charge in [0.1, 0.15) is 30.1 Å².